The summed E-state index contributed by atoms with van der Waals surface area (Å²) in [5.74, 6) is 0. The fourth-order valence-electron chi connectivity index (χ4n) is 2.99. The van der Waals surface area contributed by atoms with Crippen molar-refractivity contribution < 1.29 is 9.47 Å². The Morgan fingerprint density at radius 2 is 1.08 bits per heavy atom. The standard InChI is InChI=1S/C17H37N3O2.C2H6/c1-6-19(7-2)10-12-21-16-14-18(5)15-17(16)22-13-11-20(8-3)9-4;1-2/h16-17H,6-15H2,1-5H3;1-2H3. The lowest BCUT2D eigenvalue weighted by atomic mass is 10.2. The highest BCUT2D eigenvalue weighted by molar-refractivity contribution is 4.84. The molecule has 1 aliphatic heterocycles. The van der Waals surface area contributed by atoms with Crippen LogP contribution in [0.4, 0.5) is 0 Å². The second kappa shape index (κ2) is 15.1. The van der Waals surface area contributed by atoms with Gasteiger partial charge < -0.3 is 24.2 Å². The molecule has 0 saturated carbocycles. The maximum Gasteiger partial charge on any atom is 0.0976 e. The fraction of sp³-hybridized carbons (Fsp3) is 1.00. The van der Waals surface area contributed by atoms with Crippen LogP contribution in [-0.2, 0) is 9.47 Å². The second-order valence-corrected chi connectivity index (χ2v) is 6.09. The van der Waals surface area contributed by atoms with E-state index in [-0.39, 0.29) is 12.2 Å². The summed E-state index contributed by atoms with van der Waals surface area (Å²) in [5.41, 5.74) is 0. The van der Waals surface area contributed by atoms with Gasteiger partial charge in [-0.2, -0.15) is 0 Å². The zero-order valence-electron chi connectivity index (χ0n) is 17.4. The van der Waals surface area contributed by atoms with Crippen molar-refractivity contribution in [3.05, 3.63) is 0 Å². The van der Waals surface area contributed by atoms with Gasteiger partial charge in [0.15, 0.2) is 0 Å². The first-order chi connectivity index (χ1) is 11.6. The minimum atomic E-state index is 0.220. The molecule has 0 aromatic rings. The molecule has 1 heterocycles. The van der Waals surface area contributed by atoms with Crippen LogP contribution in [0.5, 0.6) is 0 Å². The molecule has 0 spiro atoms. The van der Waals surface area contributed by atoms with Gasteiger partial charge in [0.2, 0.25) is 0 Å². The van der Waals surface area contributed by atoms with Crippen molar-refractivity contribution in [1.82, 2.24) is 14.7 Å². The van der Waals surface area contributed by atoms with Gasteiger partial charge in [0, 0.05) is 26.2 Å². The van der Waals surface area contributed by atoms with Crippen LogP contribution < -0.4 is 0 Å². The second-order valence-electron chi connectivity index (χ2n) is 6.09. The third-order valence-electron chi connectivity index (χ3n) is 4.67. The summed E-state index contributed by atoms with van der Waals surface area (Å²) in [4.78, 5) is 7.11. The highest BCUT2D eigenvalue weighted by Gasteiger charge is 2.32. The predicted molar refractivity (Wildman–Crippen MR) is 104 cm³/mol. The van der Waals surface area contributed by atoms with Crippen molar-refractivity contribution in [2.75, 3.05) is 72.6 Å². The van der Waals surface area contributed by atoms with Crippen molar-refractivity contribution in [1.29, 1.82) is 0 Å². The van der Waals surface area contributed by atoms with Crippen molar-refractivity contribution in [2.45, 2.75) is 53.8 Å². The molecule has 1 rings (SSSR count). The first-order valence-electron chi connectivity index (χ1n) is 10.0. The van der Waals surface area contributed by atoms with Gasteiger partial charge in [0.05, 0.1) is 25.4 Å². The molecule has 5 heteroatoms. The van der Waals surface area contributed by atoms with Crippen molar-refractivity contribution in [2.24, 2.45) is 0 Å². The Bertz CT molecular complexity index is 245. The maximum absolute atomic E-state index is 6.11. The Morgan fingerprint density at radius 1 is 0.750 bits per heavy atom. The maximum atomic E-state index is 6.11. The largest absolute Gasteiger partial charge is 0.373 e. The van der Waals surface area contributed by atoms with Crippen molar-refractivity contribution in [3.63, 3.8) is 0 Å². The van der Waals surface area contributed by atoms with E-state index in [0.29, 0.717) is 0 Å². The van der Waals surface area contributed by atoms with Crippen LogP contribution in [0.1, 0.15) is 41.5 Å². The van der Waals surface area contributed by atoms with Gasteiger partial charge in [-0.1, -0.05) is 41.5 Å². The summed E-state index contributed by atoms with van der Waals surface area (Å²) in [5, 5.41) is 0. The molecule has 0 aromatic heterocycles. The van der Waals surface area contributed by atoms with Gasteiger partial charge in [0.25, 0.3) is 0 Å². The molecule has 2 unspecified atom stereocenters. The fourth-order valence-corrected chi connectivity index (χ4v) is 2.99. The molecule has 0 radical (unpaired) electrons. The van der Waals surface area contributed by atoms with Crippen LogP contribution in [0, 0.1) is 0 Å². The summed E-state index contributed by atoms with van der Waals surface area (Å²) in [6.45, 7) is 22.8. The Hall–Kier alpha value is -0.200. The number of hydrogen-bond donors (Lipinski definition) is 0. The lowest BCUT2D eigenvalue weighted by Crippen LogP contribution is -2.36. The minimum absolute atomic E-state index is 0.220. The SMILES string of the molecule is CC.CCN(CC)CCOC1CN(C)CC1OCCN(CC)CC. The first kappa shape index (κ1) is 23.8. The molecule has 5 nitrogen and oxygen atoms in total. The number of nitrogens with zero attached hydrogens (tertiary/aromatic N) is 3. The lowest BCUT2D eigenvalue weighted by Gasteiger charge is -2.24. The zero-order chi connectivity index (χ0) is 18.4. The average molecular weight is 346 g/mol. The third kappa shape index (κ3) is 9.33. The molecule has 0 N–H and O–H groups in total. The Labute approximate surface area is 151 Å². The summed E-state index contributed by atoms with van der Waals surface area (Å²) in [6.07, 6.45) is 0.439. The van der Waals surface area contributed by atoms with Gasteiger partial charge in [-0.25, -0.2) is 0 Å². The smallest absolute Gasteiger partial charge is 0.0976 e. The minimum Gasteiger partial charge on any atom is -0.373 e. The van der Waals surface area contributed by atoms with Crippen molar-refractivity contribution >= 4 is 0 Å². The van der Waals surface area contributed by atoms with E-state index in [1.807, 2.05) is 13.8 Å². The van der Waals surface area contributed by atoms with E-state index >= 15 is 0 Å². The van der Waals surface area contributed by atoms with Gasteiger partial charge in [0.1, 0.15) is 0 Å². The number of likely N-dealkylation sites (N-methyl/N-ethyl adjacent to an activating group) is 3. The predicted octanol–water partition coefficient (Wildman–Crippen LogP) is 2.41. The molecule has 0 bridgehead atoms. The molecule has 146 valence electrons. The molecular formula is C19H43N3O2. The van der Waals surface area contributed by atoms with E-state index in [2.05, 4.69) is 49.4 Å². The average Bonchev–Trinajstić information content (AvgIpc) is 2.97. The number of rotatable bonds is 12. The van der Waals surface area contributed by atoms with Crippen LogP contribution in [0.2, 0.25) is 0 Å². The van der Waals surface area contributed by atoms with E-state index in [1.54, 1.807) is 0 Å². The molecule has 0 aromatic carbocycles. The summed E-state index contributed by atoms with van der Waals surface area (Å²) >= 11 is 0. The number of hydrogen-bond acceptors (Lipinski definition) is 5. The van der Waals surface area contributed by atoms with E-state index < -0.39 is 0 Å². The van der Waals surface area contributed by atoms with Crippen LogP contribution in [0.15, 0.2) is 0 Å². The van der Waals surface area contributed by atoms with Crippen LogP contribution in [0.25, 0.3) is 0 Å². The molecule has 1 saturated heterocycles. The van der Waals surface area contributed by atoms with Gasteiger partial charge in [-0.3, -0.25) is 0 Å². The summed E-state index contributed by atoms with van der Waals surface area (Å²) < 4.78 is 12.2. The van der Waals surface area contributed by atoms with E-state index in [9.17, 15) is 0 Å². The first-order valence-corrected chi connectivity index (χ1v) is 10.0. The topological polar surface area (TPSA) is 28.2 Å². The molecule has 0 aliphatic carbocycles. The zero-order valence-corrected chi connectivity index (χ0v) is 17.4. The quantitative estimate of drug-likeness (QED) is 0.542. The Morgan fingerprint density at radius 3 is 1.38 bits per heavy atom. The Kier molecular flexibility index (Phi) is 15.0. The Balaban J connectivity index is 0.00000254. The van der Waals surface area contributed by atoms with Gasteiger partial charge in [-0.15, -0.1) is 0 Å². The molecule has 1 fully saturated rings. The highest BCUT2D eigenvalue weighted by Crippen LogP contribution is 2.15. The summed E-state index contributed by atoms with van der Waals surface area (Å²) in [6, 6.07) is 0. The van der Waals surface area contributed by atoms with Gasteiger partial charge >= 0.3 is 0 Å². The molecule has 24 heavy (non-hydrogen) atoms. The molecule has 2 atom stereocenters. The van der Waals surface area contributed by atoms with Gasteiger partial charge in [-0.05, 0) is 33.2 Å². The highest BCUT2D eigenvalue weighted by atomic mass is 16.5. The normalized spacial score (nSPS) is 21.4. The van der Waals surface area contributed by atoms with Crippen LogP contribution in [-0.4, -0.2) is 99.5 Å². The van der Waals surface area contributed by atoms with Crippen LogP contribution >= 0.6 is 0 Å². The van der Waals surface area contributed by atoms with Crippen molar-refractivity contribution in [3.8, 4) is 0 Å². The van der Waals surface area contributed by atoms with E-state index in [0.717, 1.165) is 65.6 Å². The molecule has 1 aliphatic rings. The third-order valence-corrected chi connectivity index (χ3v) is 4.67. The van der Waals surface area contributed by atoms with E-state index in [4.69, 9.17) is 9.47 Å². The monoisotopic (exact) mass is 345 g/mol. The van der Waals surface area contributed by atoms with E-state index in [1.165, 1.54) is 0 Å². The number of likely N-dealkylation sites (tertiary alicyclic amines) is 1. The lowest BCUT2D eigenvalue weighted by molar-refractivity contribution is -0.0537. The number of ether oxygens (including phenoxy) is 2. The summed E-state index contributed by atoms with van der Waals surface area (Å²) in [7, 11) is 2.15. The molecule has 0 amide bonds. The molecular weight excluding hydrogens is 302 g/mol. The van der Waals surface area contributed by atoms with Crippen LogP contribution in [0.3, 0.4) is 0 Å².